The average molecular weight is 270 g/mol. The number of H-pyrrole nitrogens is 2. The highest BCUT2D eigenvalue weighted by Gasteiger charge is 2.08. The van der Waals surface area contributed by atoms with Gasteiger partial charge in [-0.25, -0.2) is 24.4 Å². The molecule has 1 aromatic carbocycles. The van der Waals surface area contributed by atoms with Crippen LogP contribution in [0.3, 0.4) is 0 Å². The summed E-state index contributed by atoms with van der Waals surface area (Å²) in [7, 11) is 0. The lowest BCUT2D eigenvalue weighted by Crippen LogP contribution is -2.25. The molecule has 0 amide bonds. The molecule has 78 valence electrons. The topological polar surface area (TPSA) is 70.7 Å². The Hall–Kier alpha value is -1.56. The summed E-state index contributed by atoms with van der Waals surface area (Å²) in [6.45, 7) is 1.83. The zero-order valence-corrected chi connectivity index (χ0v) is 9.46. The highest BCUT2D eigenvalue weighted by atomic mass is 79.9. The molecule has 2 rings (SSSR count). The van der Waals surface area contributed by atoms with Gasteiger partial charge in [0.2, 0.25) is 0 Å². The maximum absolute atomic E-state index is 11.4. The van der Waals surface area contributed by atoms with Gasteiger partial charge < -0.3 is 0 Å². The summed E-state index contributed by atoms with van der Waals surface area (Å²) in [5.41, 5.74) is 0.477. The average Bonchev–Trinajstić information content (AvgIpc) is 2.51. The number of hydrogen-bond acceptors (Lipinski definition) is 2. The van der Waals surface area contributed by atoms with Crippen molar-refractivity contribution in [2.45, 2.75) is 6.92 Å². The Balaban J connectivity index is 2.79. The Morgan fingerprint density at radius 1 is 1.20 bits per heavy atom. The highest BCUT2D eigenvalue weighted by molar-refractivity contribution is 9.10. The van der Waals surface area contributed by atoms with Gasteiger partial charge in [-0.2, -0.15) is 0 Å². The molecule has 0 aliphatic heterocycles. The summed E-state index contributed by atoms with van der Waals surface area (Å²) in [4.78, 5) is 22.7. The van der Waals surface area contributed by atoms with Crippen LogP contribution in [0.15, 0.2) is 32.3 Å². The molecular weight excluding hydrogens is 262 g/mol. The predicted octanol–water partition coefficient (Wildman–Crippen LogP) is 0.925. The zero-order chi connectivity index (χ0) is 11.0. The Morgan fingerprint density at radius 3 is 2.40 bits per heavy atom. The molecule has 0 saturated heterocycles. The van der Waals surface area contributed by atoms with E-state index in [2.05, 4.69) is 26.1 Å². The second-order valence-electron chi connectivity index (χ2n) is 3.13. The van der Waals surface area contributed by atoms with Crippen LogP contribution in [0.4, 0.5) is 0 Å². The number of aromatic amines is 2. The van der Waals surface area contributed by atoms with E-state index in [4.69, 9.17) is 0 Å². The van der Waals surface area contributed by atoms with E-state index in [0.717, 1.165) is 14.6 Å². The van der Waals surface area contributed by atoms with E-state index in [9.17, 15) is 9.59 Å². The van der Waals surface area contributed by atoms with Gasteiger partial charge in [0.1, 0.15) is 0 Å². The number of benzene rings is 1. The molecule has 0 saturated carbocycles. The van der Waals surface area contributed by atoms with Gasteiger partial charge in [-0.15, -0.1) is 0 Å². The predicted molar refractivity (Wildman–Crippen MR) is 59.4 cm³/mol. The molecule has 0 fully saturated rings. The third-order valence-corrected chi connectivity index (χ3v) is 2.59. The maximum Gasteiger partial charge on any atom is 0.348 e. The van der Waals surface area contributed by atoms with Crippen LogP contribution in [-0.4, -0.2) is 14.8 Å². The molecule has 15 heavy (non-hydrogen) atoms. The molecule has 0 radical (unpaired) electrons. The number of halogens is 1. The molecular formula is C9H8BrN3O2. The third-order valence-electron chi connectivity index (χ3n) is 2.09. The first kappa shape index (κ1) is 9.97. The number of nitrogens with zero attached hydrogens (tertiary/aromatic N) is 1. The summed E-state index contributed by atoms with van der Waals surface area (Å²) >= 11 is 3.29. The van der Waals surface area contributed by atoms with E-state index in [1.54, 1.807) is 6.07 Å². The van der Waals surface area contributed by atoms with E-state index in [-0.39, 0.29) is 0 Å². The molecule has 1 heterocycles. The second kappa shape index (κ2) is 3.54. The molecule has 6 heteroatoms. The zero-order valence-electron chi connectivity index (χ0n) is 7.87. The van der Waals surface area contributed by atoms with Crippen LogP contribution in [0.25, 0.3) is 5.69 Å². The fourth-order valence-electron chi connectivity index (χ4n) is 1.35. The van der Waals surface area contributed by atoms with Crippen molar-refractivity contribution in [2.24, 2.45) is 0 Å². The maximum atomic E-state index is 11.4. The molecule has 0 aliphatic carbocycles. The van der Waals surface area contributed by atoms with Crippen LogP contribution in [0.5, 0.6) is 0 Å². The molecule has 2 N–H and O–H groups in total. The van der Waals surface area contributed by atoms with Gasteiger partial charge in [0.05, 0.1) is 5.69 Å². The minimum Gasteiger partial charge on any atom is -0.247 e. The highest BCUT2D eigenvalue weighted by Crippen LogP contribution is 2.17. The standard InChI is InChI=1S/C9H8BrN3O2/c1-5-2-3-6(10)4-7(5)13-8(14)11-12-9(13)15/h2-4H,1H3,(H,11,14)(H,12,15). The molecule has 0 spiro atoms. The van der Waals surface area contributed by atoms with Gasteiger partial charge in [-0.1, -0.05) is 22.0 Å². The van der Waals surface area contributed by atoms with Crippen LogP contribution in [-0.2, 0) is 0 Å². The summed E-state index contributed by atoms with van der Waals surface area (Å²) < 4.78 is 1.87. The third kappa shape index (κ3) is 1.68. The number of aromatic nitrogens is 3. The normalized spacial score (nSPS) is 10.5. The van der Waals surface area contributed by atoms with Crippen LogP contribution in [0.2, 0.25) is 0 Å². The van der Waals surface area contributed by atoms with Crippen molar-refractivity contribution in [3.8, 4) is 5.69 Å². The molecule has 5 nitrogen and oxygen atoms in total. The molecule has 0 aliphatic rings. The van der Waals surface area contributed by atoms with Crippen LogP contribution in [0, 0.1) is 6.92 Å². The summed E-state index contributed by atoms with van der Waals surface area (Å²) in [6, 6.07) is 5.41. The summed E-state index contributed by atoms with van der Waals surface area (Å²) in [5.74, 6) is 0. The fourth-order valence-corrected chi connectivity index (χ4v) is 1.70. The molecule has 2 aromatic rings. The van der Waals surface area contributed by atoms with E-state index in [1.807, 2.05) is 19.1 Å². The van der Waals surface area contributed by atoms with Gasteiger partial charge in [0, 0.05) is 4.47 Å². The first-order chi connectivity index (χ1) is 7.09. The monoisotopic (exact) mass is 269 g/mol. The van der Waals surface area contributed by atoms with Crippen molar-refractivity contribution < 1.29 is 0 Å². The Bertz CT molecular complexity index is 581. The van der Waals surface area contributed by atoms with Crippen molar-refractivity contribution in [2.75, 3.05) is 0 Å². The van der Waals surface area contributed by atoms with Crippen LogP contribution < -0.4 is 11.4 Å². The van der Waals surface area contributed by atoms with E-state index in [0.29, 0.717) is 5.69 Å². The lowest BCUT2D eigenvalue weighted by molar-refractivity contribution is 0.940. The van der Waals surface area contributed by atoms with Gasteiger partial charge in [-0.3, -0.25) is 0 Å². The second-order valence-corrected chi connectivity index (χ2v) is 4.04. The Labute approximate surface area is 92.9 Å². The van der Waals surface area contributed by atoms with Crippen LogP contribution >= 0.6 is 15.9 Å². The van der Waals surface area contributed by atoms with E-state index < -0.39 is 11.4 Å². The van der Waals surface area contributed by atoms with Crippen molar-refractivity contribution in [3.63, 3.8) is 0 Å². The quantitative estimate of drug-likeness (QED) is 0.809. The Morgan fingerprint density at radius 2 is 1.80 bits per heavy atom. The van der Waals surface area contributed by atoms with Crippen molar-refractivity contribution in [1.29, 1.82) is 0 Å². The van der Waals surface area contributed by atoms with Crippen molar-refractivity contribution in [3.05, 3.63) is 49.2 Å². The number of nitrogens with one attached hydrogen (secondary N) is 2. The summed E-state index contributed by atoms with van der Waals surface area (Å²) in [5, 5.41) is 4.47. The van der Waals surface area contributed by atoms with Crippen molar-refractivity contribution in [1.82, 2.24) is 14.8 Å². The SMILES string of the molecule is Cc1ccc(Br)cc1-n1c(=O)[nH][nH]c1=O. The number of rotatable bonds is 1. The largest absolute Gasteiger partial charge is 0.348 e. The minimum absolute atomic E-state index is 0.471. The van der Waals surface area contributed by atoms with Gasteiger partial charge in [-0.05, 0) is 24.6 Å². The number of hydrogen-bond donors (Lipinski definition) is 2. The number of aryl methyl sites for hydroxylation is 1. The van der Waals surface area contributed by atoms with Gasteiger partial charge >= 0.3 is 11.4 Å². The summed E-state index contributed by atoms with van der Waals surface area (Å²) in [6.07, 6.45) is 0. The molecule has 0 atom stereocenters. The first-order valence-electron chi connectivity index (χ1n) is 4.26. The van der Waals surface area contributed by atoms with Gasteiger partial charge in [0.15, 0.2) is 0 Å². The van der Waals surface area contributed by atoms with E-state index in [1.165, 1.54) is 0 Å². The molecule has 0 bridgehead atoms. The molecule has 1 aromatic heterocycles. The van der Waals surface area contributed by atoms with E-state index >= 15 is 0 Å². The minimum atomic E-state index is -0.471. The lowest BCUT2D eigenvalue weighted by Gasteiger charge is -2.04. The lowest BCUT2D eigenvalue weighted by atomic mass is 10.2. The first-order valence-corrected chi connectivity index (χ1v) is 5.05. The molecule has 0 unspecified atom stereocenters. The van der Waals surface area contributed by atoms with Crippen LogP contribution in [0.1, 0.15) is 5.56 Å². The van der Waals surface area contributed by atoms with Gasteiger partial charge in [0.25, 0.3) is 0 Å². The fraction of sp³-hybridized carbons (Fsp3) is 0.111. The Kier molecular flexibility index (Phi) is 2.36. The van der Waals surface area contributed by atoms with Crippen molar-refractivity contribution >= 4 is 15.9 Å². The smallest absolute Gasteiger partial charge is 0.247 e.